The van der Waals surface area contributed by atoms with E-state index in [1.54, 1.807) is 0 Å². The summed E-state index contributed by atoms with van der Waals surface area (Å²) in [5, 5.41) is 0. The van der Waals surface area contributed by atoms with Gasteiger partial charge in [0.05, 0.1) is 26.4 Å². The second-order valence-electron chi connectivity index (χ2n) is 3.43. The molecule has 0 aromatic heterocycles. The third-order valence-corrected chi connectivity index (χ3v) is 2.27. The normalized spacial score (nSPS) is 10.0. The quantitative estimate of drug-likeness (QED) is 0.391. The van der Waals surface area contributed by atoms with Gasteiger partial charge in [0.15, 0.2) is 0 Å². The van der Waals surface area contributed by atoms with Crippen LogP contribution < -0.4 is 4.74 Å². The van der Waals surface area contributed by atoms with E-state index in [2.05, 4.69) is 5.92 Å². The third-order valence-electron chi connectivity index (χ3n) is 2.11. The summed E-state index contributed by atoms with van der Waals surface area (Å²) in [6.45, 7) is 2.70. The molecule has 3 nitrogen and oxygen atoms in total. The predicted molar refractivity (Wildman–Crippen MR) is 72.2 cm³/mol. The zero-order valence-electron chi connectivity index (χ0n) is 10.2. The maximum absolute atomic E-state index is 5.48. The van der Waals surface area contributed by atoms with Crippen LogP contribution in [-0.2, 0) is 9.47 Å². The number of rotatable bonds is 9. The molecule has 0 aliphatic rings. The molecule has 0 amide bonds. The highest BCUT2D eigenvalue weighted by Gasteiger charge is 1.94. The number of hydrogen-bond donors (Lipinski definition) is 0. The largest absolute Gasteiger partial charge is 0.491 e. The van der Waals surface area contributed by atoms with Crippen molar-refractivity contribution < 1.29 is 14.2 Å². The van der Waals surface area contributed by atoms with Gasteiger partial charge < -0.3 is 14.2 Å². The van der Waals surface area contributed by atoms with E-state index in [-0.39, 0.29) is 0 Å². The van der Waals surface area contributed by atoms with E-state index in [4.69, 9.17) is 32.2 Å². The van der Waals surface area contributed by atoms with Crippen molar-refractivity contribution in [1.29, 1.82) is 0 Å². The smallest absolute Gasteiger partial charge is 0.119 e. The molecular formula is C14H17ClO3. The van der Waals surface area contributed by atoms with Crippen molar-refractivity contribution in [3.63, 3.8) is 0 Å². The summed E-state index contributed by atoms with van der Waals surface area (Å²) in [7, 11) is 0. The Hall–Kier alpha value is -1.21. The van der Waals surface area contributed by atoms with Gasteiger partial charge in [0.1, 0.15) is 12.4 Å². The second kappa shape index (κ2) is 9.78. The first-order valence-electron chi connectivity index (χ1n) is 5.77. The van der Waals surface area contributed by atoms with E-state index in [9.17, 15) is 0 Å². The van der Waals surface area contributed by atoms with Crippen LogP contribution in [0.5, 0.6) is 5.75 Å². The number of terminal acetylenes is 1. The van der Waals surface area contributed by atoms with Gasteiger partial charge in [-0.15, -0.1) is 18.0 Å². The van der Waals surface area contributed by atoms with E-state index >= 15 is 0 Å². The highest BCUT2D eigenvalue weighted by Crippen LogP contribution is 2.11. The van der Waals surface area contributed by atoms with Crippen LogP contribution in [0.4, 0.5) is 0 Å². The zero-order chi connectivity index (χ0) is 13.1. The minimum absolute atomic E-state index is 0.505. The molecule has 0 atom stereocenters. The molecule has 0 aliphatic carbocycles. The van der Waals surface area contributed by atoms with E-state index in [0.29, 0.717) is 38.9 Å². The van der Waals surface area contributed by atoms with Gasteiger partial charge in [0, 0.05) is 11.4 Å². The van der Waals surface area contributed by atoms with Gasteiger partial charge in [-0.2, -0.15) is 0 Å². The molecule has 0 radical (unpaired) electrons. The van der Waals surface area contributed by atoms with Crippen molar-refractivity contribution >= 4 is 11.6 Å². The number of halogens is 1. The summed E-state index contributed by atoms with van der Waals surface area (Å²) in [5.41, 5.74) is 0.843. The van der Waals surface area contributed by atoms with Crippen molar-refractivity contribution in [3.05, 3.63) is 29.8 Å². The Balaban J connectivity index is 2.02. The summed E-state index contributed by atoms with van der Waals surface area (Å²) in [4.78, 5) is 0. The highest BCUT2D eigenvalue weighted by atomic mass is 35.5. The topological polar surface area (TPSA) is 27.7 Å². The van der Waals surface area contributed by atoms with Gasteiger partial charge in [0.2, 0.25) is 0 Å². The Bertz CT molecular complexity index is 356. The van der Waals surface area contributed by atoms with Crippen molar-refractivity contribution in [1.82, 2.24) is 0 Å². The Labute approximate surface area is 113 Å². The standard InChI is InChI=1S/C14H17ClO3/c1-2-13-3-5-14(6-4-13)18-12-11-17-10-9-16-8-7-15/h1,3-6H,7-12H2. The summed E-state index contributed by atoms with van der Waals surface area (Å²) in [6.07, 6.45) is 5.26. The monoisotopic (exact) mass is 268 g/mol. The number of alkyl halides is 1. The summed E-state index contributed by atoms with van der Waals surface area (Å²) in [5.74, 6) is 3.85. The van der Waals surface area contributed by atoms with E-state index < -0.39 is 0 Å². The van der Waals surface area contributed by atoms with Crippen LogP contribution in [0, 0.1) is 12.3 Å². The molecule has 1 aromatic carbocycles. The Morgan fingerprint density at radius 2 is 1.56 bits per heavy atom. The molecular weight excluding hydrogens is 252 g/mol. The average molecular weight is 269 g/mol. The lowest BCUT2D eigenvalue weighted by molar-refractivity contribution is 0.0410. The molecule has 0 spiro atoms. The number of benzene rings is 1. The first-order chi connectivity index (χ1) is 8.86. The van der Waals surface area contributed by atoms with Crippen LogP contribution in [0.15, 0.2) is 24.3 Å². The van der Waals surface area contributed by atoms with E-state index in [1.807, 2.05) is 24.3 Å². The first kappa shape index (κ1) is 14.8. The van der Waals surface area contributed by atoms with Crippen molar-refractivity contribution in [2.45, 2.75) is 0 Å². The molecule has 0 saturated heterocycles. The molecule has 1 aromatic rings. The minimum Gasteiger partial charge on any atom is -0.491 e. The van der Waals surface area contributed by atoms with Crippen molar-refractivity contribution in [2.75, 3.05) is 38.9 Å². The van der Waals surface area contributed by atoms with Gasteiger partial charge in [-0.3, -0.25) is 0 Å². The first-order valence-corrected chi connectivity index (χ1v) is 6.31. The van der Waals surface area contributed by atoms with Gasteiger partial charge in [0.25, 0.3) is 0 Å². The Morgan fingerprint density at radius 1 is 0.944 bits per heavy atom. The second-order valence-corrected chi connectivity index (χ2v) is 3.81. The Kier molecular flexibility index (Phi) is 8.07. The SMILES string of the molecule is C#Cc1ccc(OCCOCCOCCCl)cc1. The van der Waals surface area contributed by atoms with Gasteiger partial charge in [-0.25, -0.2) is 0 Å². The van der Waals surface area contributed by atoms with E-state index in [1.165, 1.54) is 0 Å². The lowest BCUT2D eigenvalue weighted by Gasteiger charge is -2.07. The average Bonchev–Trinajstić information content (AvgIpc) is 2.42. The summed E-state index contributed by atoms with van der Waals surface area (Å²) >= 11 is 5.46. The lowest BCUT2D eigenvalue weighted by atomic mass is 10.2. The molecule has 0 saturated carbocycles. The fourth-order valence-electron chi connectivity index (χ4n) is 1.24. The highest BCUT2D eigenvalue weighted by molar-refractivity contribution is 6.17. The van der Waals surface area contributed by atoms with E-state index in [0.717, 1.165) is 11.3 Å². The predicted octanol–water partition coefficient (Wildman–Crippen LogP) is 2.32. The molecule has 0 aliphatic heterocycles. The van der Waals surface area contributed by atoms with Crippen molar-refractivity contribution in [2.24, 2.45) is 0 Å². The fourth-order valence-corrected chi connectivity index (χ4v) is 1.35. The molecule has 98 valence electrons. The van der Waals surface area contributed by atoms with Crippen LogP contribution in [0.2, 0.25) is 0 Å². The Morgan fingerprint density at radius 3 is 2.17 bits per heavy atom. The summed E-state index contributed by atoms with van der Waals surface area (Å²) in [6, 6.07) is 7.38. The van der Waals surface area contributed by atoms with Crippen LogP contribution in [0.1, 0.15) is 5.56 Å². The zero-order valence-corrected chi connectivity index (χ0v) is 11.0. The van der Waals surface area contributed by atoms with Gasteiger partial charge in [-0.1, -0.05) is 5.92 Å². The van der Waals surface area contributed by atoms with Crippen LogP contribution in [-0.4, -0.2) is 38.9 Å². The molecule has 1 rings (SSSR count). The molecule has 0 fully saturated rings. The van der Waals surface area contributed by atoms with Crippen molar-refractivity contribution in [3.8, 4) is 18.1 Å². The molecule has 18 heavy (non-hydrogen) atoms. The third kappa shape index (κ3) is 6.51. The lowest BCUT2D eigenvalue weighted by Crippen LogP contribution is -2.11. The number of ether oxygens (including phenoxy) is 3. The molecule has 0 unspecified atom stereocenters. The molecule has 4 heteroatoms. The maximum atomic E-state index is 5.48. The van der Waals surface area contributed by atoms with Gasteiger partial charge in [-0.05, 0) is 24.3 Å². The minimum atomic E-state index is 0.505. The molecule has 0 bridgehead atoms. The number of hydrogen-bond acceptors (Lipinski definition) is 3. The van der Waals surface area contributed by atoms with Gasteiger partial charge >= 0.3 is 0 Å². The fraction of sp³-hybridized carbons (Fsp3) is 0.429. The van der Waals surface area contributed by atoms with Crippen LogP contribution >= 0.6 is 11.6 Å². The summed E-state index contributed by atoms with van der Waals surface area (Å²) < 4.78 is 16.0. The van der Waals surface area contributed by atoms with Crippen LogP contribution in [0.25, 0.3) is 0 Å². The molecule has 0 N–H and O–H groups in total. The molecule has 0 heterocycles. The van der Waals surface area contributed by atoms with Crippen LogP contribution in [0.3, 0.4) is 0 Å². The maximum Gasteiger partial charge on any atom is 0.119 e.